The average molecular weight is 466 g/mol. The van der Waals surface area contributed by atoms with E-state index in [1.807, 2.05) is 6.92 Å². The van der Waals surface area contributed by atoms with Crippen molar-refractivity contribution in [3.8, 4) is 0 Å². The molecule has 1 N–H and O–H groups in total. The lowest BCUT2D eigenvalue weighted by Crippen LogP contribution is -2.51. The van der Waals surface area contributed by atoms with Crippen molar-refractivity contribution in [1.29, 1.82) is 0 Å². The summed E-state index contributed by atoms with van der Waals surface area (Å²) in [4.78, 5) is 14.5. The van der Waals surface area contributed by atoms with Gasteiger partial charge in [-0.25, -0.2) is 13.6 Å². The molecule has 33 heavy (non-hydrogen) atoms. The SMILES string of the molecule is CCNC(=O)N1CC[C@@]2(Cc3ccc(F)cc3)c3ccc(C(C)(F)C(F)(F)F)cc3CC[C@@H]12. The summed E-state index contributed by atoms with van der Waals surface area (Å²) in [5.74, 6) is -0.355. The predicted octanol–water partition coefficient (Wildman–Crippen LogP) is 5.80. The Morgan fingerprint density at radius 2 is 1.85 bits per heavy atom. The Bertz CT molecular complexity index is 1030. The lowest BCUT2D eigenvalue weighted by atomic mass is 9.63. The summed E-state index contributed by atoms with van der Waals surface area (Å²) in [7, 11) is 0. The number of urea groups is 1. The molecule has 0 spiro atoms. The predicted molar refractivity (Wildman–Crippen MR) is 115 cm³/mol. The highest BCUT2D eigenvalue weighted by Crippen LogP contribution is 2.51. The molecule has 1 saturated heterocycles. The molecule has 0 bridgehead atoms. The molecule has 1 aliphatic carbocycles. The summed E-state index contributed by atoms with van der Waals surface area (Å²) in [5, 5.41) is 2.84. The van der Waals surface area contributed by atoms with Crippen molar-refractivity contribution in [2.75, 3.05) is 13.1 Å². The Kier molecular flexibility index (Phi) is 5.91. The fraction of sp³-hybridized carbons (Fsp3) is 0.480. The monoisotopic (exact) mass is 466 g/mol. The van der Waals surface area contributed by atoms with Crippen molar-refractivity contribution in [3.63, 3.8) is 0 Å². The van der Waals surface area contributed by atoms with Crippen LogP contribution in [0.15, 0.2) is 42.5 Å². The topological polar surface area (TPSA) is 32.3 Å². The fourth-order valence-electron chi connectivity index (χ4n) is 5.48. The van der Waals surface area contributed by atoms with Gasteiger partial charge in [0, 0.05) is 24.5 Å². The number of halogens is 5. The number of alkyl halides is 4. The maximum atomic E-state index is 14.7. The molecule has 2 aliphatic rings. The molecular weight excluding hydrogens is 439 g/mol. The van der Waals surface area contributed by atoms with Gasteiger partial charge in [0.15, 0.2) is 0 Å². The first-order valence-electron chi connectivity index (χ1n) is 11.2. The molecule has 0 saturated carbocycles. The number of nitrogens with zero attached hydrogens (tertiary/aromatic N) is 1. The van der Waals surface area contributed by atoms with E-state index in [-0.39, 0.29) is 17.9 Å². The van der Waals surface area contributed by atoms with Crippen molar-refractivity contribution in [3.05, 3.63) is 70.5 Å². The van der Waals surface area contributed by atoms with E-state index in [9.17, 15) is 26.7 Å². The zero-order valence-corrected chi connectivity index (χ0v) is 18.6. The summed E-state index contributed by atoms with van der Waals surface area (Å²) in [6, 6.07) is 9.97. The van der Waals surface area contributed by atoms with Gasteiger partial charge in [0.2, 0.25) is 5.67 Å². The summed E-state index contributed by atoms with van der Waals surface area (Å²) < 4.78 is 68.1. The number of fused-ring (bicyclic) bond motifs is 3. The highest BCUT2D eigenvalue weighted by Gasteiger charge is 2.55. The van der Waals surface area contributed by atoms with E-state index in [1.54, 1.807) is 23.1 Å². The molecular formula is C25H27F5N2O. The van der Waals surface area contributed by atoms with Crippen LogP contribution in [0.1, 0.15) is 48.9 Å². The molecule has 1 aliphatic heterocycles. The molecule has 2 aromatic rings. The van der Waals surface area contributed by atoms with Crippen LogP contribution in [0.3, 0.4) is 0 Å². The molecule has 178 valence electrons. The number of likely N-dealkylation sites (tertiary alicyclic amines) is 1. The van der Waals surface area contributed by atoms with Gasteiger partial charge in [-0.05, 0) is 73.9 Å². The van der Waals surface area contributed by atoms with Crippen molar-refractivity contribution < 1.29 is 26.7 Å². The van der Waals surface area contributed by atoms with Crippen LogP contribution >= 0.6 is 0 Å². The van der Waals surface area contributed by atoms with Crippen molar-refractivity contribution >= 4 is 6.03 Å². The van der Waals surface area contributed by atoms with E-state index in [4.69, 9.17) is 0 Å². The minimum Gasteiger partial charge on any atom is -0.338 e. The Balaban J connectivity index is 1.79. The van der Waals surface area contributed by atoms with Gasteiger partial charge in [-0.1, -0.05) is 30.3 Å². The summed E-state index contributed by atoms with van der Waals surface area (Å²) in [6.45, 7) is 3.37. The van der Waals surface area contributed by atoms with Crippen LogP contribution in [-0.4, -0.2) is 36.2 Å². The quantitative estimate of drug-likeness (QED) is 0.568. The molecule has 0 radical (unpaired) electrons. The third kappa shape index (κ3) is 3.97. The van der Waals surface area contributed by atoms with E-state index < -0.39 is 22.8 Å². The number of hydrogen-bond acceptors (Lipinski definition) is 1. The molecule has 1 heterocycles. The second-order valence-electron chi connectivity index (χ2n) is 9.17. The number of nitrogens with one attached hydrogen (secondary N) is 1. The molecule has 1 fully saturated rings. The largest absolute Gasteiger partial charge is 0.426 e. The summed E-state index contributed by atoms with van der Waals surface area (Å²) >= 11 is 0. The molecule has 1 unspecified atom stereocenters. The zero-order chi connectivity index (χ0) is 24.0. The number of carbonyl (C=O) groups is 1. The normalized spacial score (nSPS) is 24.1. The Hall–Kier alpha value is -2.64. The number of amides is 2. The van der Waals surface area contributed by atoms with Crippen molar-refractivity contribution in [2.24, 2.45) is 0 Å². The third-order valence-corrected chi connectivity index (χ3v) is 7.24. The van der Waals surface area contributed by atoms with Crippen LogP contribution in [0, 0.1) is 5.82 Å². The fourth-order valence-corrected chi connectivity index (χ4v) is 5.48. The lowest BCUT2D eigenvalue weighted by Gasteiger charge is -2.44. The molecule has 4 rings (SSSR count). The minimum absolute atomic E-state index is 0.160. The van der Waals surface area contributed by atoms with Crippen molar-refractivity contribution in [2.45, 2.75) is 62.8 Å². The lowest BCUT2D eigenvalue weighted by molar-refractivity contribution is -0.228. The van der Waals surface area contributed by atoms with Crippen LogP contribution in [0.2, 0.25) is 0 Å². The van der Waals surface area contributed by atoms with E-state index in [1.165, 1.54) is 24.3 Å². The Morgan fingerprint density at radius 1 is 1.15 bits per heavy atom. The smallest absolute Gasteiger partial charge is 0.338 e. The Labute approximate surface area is 190 Å². The summed E-state index contributed by atoms with van der Waals surface area (Å²) in [5.41, 5.74) is -2.01. The van der Waals surface area contributed by atoms with Crippen LogP contribution < -0.4 is 5.32 Å². The highest BCUT2D eigenvalue weighted by atomic mass is 19.4. The molecule has 2 aromatic carbocycles. The molecule has 3 nitrogen and oxygen atoms in total. The van der Waals surface area contributed by atoms with E-state index in [0.717, 1.165) is 11.1 Å². The maximum absolute atomic E-state index is 14.7. The van der Waals surface area contributed by atoms with Gasteiger partial charge in [0.25, 0.3) is 0 Å². The van der Waals surface area contributed by atoms with Gasteiger partial charge in [0.1, 0.15) is 5.82 Å². The molecule has 0 aromatic heterocycles. The first-order chi connectivity index (χ1) is 15.5. The standard InChI is InChI=1S/C25H27F5N2O/c1-3-31-22(33)32-13-12-24(15-16-4-8-19(26)9-5-16)20-10-7-18(23(2,27)25(28,29)30)14-17(20)6-11-21(24)32/h4-5,7-10,14,21H,3,6,11-13,15H2,1-2H3,(H,31,33)/t21-,23?,24-/m1/s1. The molecule has 2 amide bonds. The number of aryl methyl sites for hydroxylation is 1. The van der Waals surface area contributed by atoms with Gasteiger partial charge in [-0.15, -0.1) is 0 Å². The van der Waals surface area contributed by atoms with Crippen LogP contribution in [0.4, 0.5) is 26.7 Å². The molecule has 3 atom stereocenters. The van der Waals surface area contributed by atoms with E-state index in [0.29, 0.717) is 51.3 Å². The third-order valence-electron chi connectivity index (χ3n) is 7.24. The number of benzene rings is 2. The second kappa shape index (κ2) is 8.29. The highest BCUT2D eigenvalue weighted by molar-refractivity contribution is 5.75. The maximum Gasteiger partial charge on any atom is 0.426 e. The van der Waals surface area contributed by atoms with Crippen LogP contribution in [-0.2, 0) is 23.9 Å². The number of rotatable bonds is 4. The summed E-state index contributed by atoms with van der Waals surface area (Å²) in [6.07, 6.45) is -2.89. The average Bonchev–Trinajstić information content (AvgIpc) is 3.14. The minimum atomic E-state index is -5.02. The van der Waals surface area contributed by atoms with Crippen LogP contribution in [0.5, 0.6) is 0 Å². The van der Waals surface area contributed by atoms with E-state index >= 15 is 0 Å². The Morgan fingerprint density at radius 3 is 2.48 bits per heavy atom. The van der Waals surface area contributed by atoms with Crippen LogP contribution in [0.25, 0.3) is 0 Å². The van der Waals surface area contributed by atoms with Gasteiger partial charge in [-0.2, -0.15) is 13.2 Å². The first kappa shape index (κ1) is 23.5. The number of carbonyl (C=O) groups excluding carboxylic acids is 1. The first-order valence-corrected chi connectivity index (χ1v) is 11.2. The zero-order valence-electron chi connectivity index (χ0n) is 18.6. The van der Waals surface area contributed by atoms with Gasteiger partial charge < -0.3 is 10.2 Å². The second-order valence-corrected chi connectivity index (χ2v) is 9.17. The number of hydrogen-bond donors (Lipinski definition) is 1. The van der Waals surface area contributed by atoms with Gasteiger partial charge >= 0.3 is 12.2 Å². The molecule has 8 heteroatoms. The van der Waals surface area contributed by atoms with E-state index in [2.05, 4.69) is 5.32 Å². The van der Waals surface area contributed by atoms with Gasteiger partial charge in [0.05, 0.1) is 0 Å². The van der Waals surface area contributed by atoms with Crippen molar-refractivity contribution in [1.82, 2.24) is 10.2 Å². The van der Waals surface area contributed by atoms with Gasteiger partial charge in [-0.3, -0.25) is 0 Å².